The maximum Gasteiger partial charge on any atom is 0.332 e. The van der Waals surface area contributed by atoms with Crippen LogP contribution in [-0.2, 0) is 24.3 Å². The minimum Gasteiger partial charge on any atom is -0.497 e. The zero-order chi connectivity index (χ0) is 30.3. The van der Waals surface area contributed by atoms with Gasteiger partial charge in [0.15, 0.2) is 0 Å². The second-order valence-electron chi connectivity index (χ2n) is 9.89. The summed E-state index contributed by atoms with van der Waals surface area (Å²) in [6.45, 7) is 0.129. The molecule has 0 bridgehead atoms. The first-order valence-corrected chi connectivity index (χ1v) is 14.0. The van der Waals surface area contributed by atoms with E-state index in [0.717, 1.165) is 10.1 Å². The molecule has 0 fully saturated rings. The van der Waals surface area contributed by atoms with Gasteiger partial charge in [-0.15, -0.1) is 0 Å². The molecule has 0 aliphatic rings. The predicted octanol–water partition coefficient (Wildman–Crippen LogP) is 4.48. The van der Waals surface area contributed by atoms with Gasteiger partial charge in [-0.1, -0.05) is 54.1 Å². The van der Waals surface area contributed by atoms with Gasteiger partial charge in [0, 0.05) is 28.9 Å². The molecule has 0 unspecified atom stereocenters. The van der Waals surface area contributed by atoms with E-state index in [1.807, 2.05) is 24.3 Å². The molecule has 218 valence electrons. The molecular weight excluding hydrogens is 568 g/mol. The molecule has 0 aliphatic carbocycles. The first kappa shape index (κ1) is 29.3. The SMILES string of the molecule is COc1cccc(NC(=O)Cn2c(=O)n(Cc3ccc(C(=O)NCCc4ccc(Cl)cc4)cc3)c(=O)c3ccccc32)c1. The molecule has 0 atom stereocenters. The number of halogens is 1. The van der Waals surface area contributed by atoms with Crippen molar-refractivity contribution < 1.29 is 14.3 Å². The minimum absolute atomic E-state index is 0.0293. The number of ether oxygens (including phenoxy) is 1. The maximum absolute atomic E-state index is 13.6. The molecule has 0 saturated carbocycles. The summed E-state index contributed by atoms with van der Waals surface area (Å²) in [7, 11) is 1.53. The van der Waals surface area contributed by atoms with Crippen LogP contribution in [0.25, 0.3) is 10.9 Å². The lowest BCUT2D eigenvalue weighted by Gasteiger charge is -2.15. The molecular formula is C33H29ClN4O5. The fourth-order valence-electron chi connectivity index (χ4n) is 4.73. The molecule has 0 saturated heterocycles. The Morgan fingerprint density at radius 1 is 0.837 bits per heavy atom. The lowest BCUT2D eigenvalue weighted by Crippen LogP contribution is -2.42. The van der Waals surface area contributed by atoms with Crippen molar-refractivity contribution in [2.75, 3.05) is 19.0 Å². The highest BCUT2D eigenvalue weighted by Crippen LogP contribution is 2.17. The number of amides is 2. The number of methoxy groups -OCH3 is 1. The molecule has 5 rings (SSSR count). The van der Waals surface area contributed by atoms with E-state index in [0.29, 0.717) is 51.5 Å². The van der Waals surface area contributed by atoms with Crippen molar-refractivity contribution in [1.82, 2.24) is 14.5 Å². The van der Waals surface area contributed by atoms with Gasteiger partial charge in [0.2, 0.25) is 5.91 Å². The lowest BCUT2D eigenvalue weighted by atomic mass is 10.1. The van der Waals surface area contributed by atoms with Gasteiger partial charge in [-0.25, -0.2) is 4.79 Å². The number of benzene rings is 4. The third-order valence-corrected chi connectivity index (χ3v) is 7.21. The van der Waals surface area contributed by atoms with Gasteiger partial charge in [0.25, 0.3) is 11.5 Å². The molecule has 9 nitrogen and oxygen atoms in total. The predicted molar refractivity (Wildman–Crippen MR) is 167 cm³/mol. The number of para-hydroxylation sites is 1. The lowest BCUT2D eigenvalue weighted by molar-refractivity contribution is -0.116. The molecule has 1 heterocycles. The number of carbonyl (C=O) groups excluding carboxylic acids is 2. The fraction of sp³-hybridized carbons (Fsp3) is 0.152. The summed E-state index contributed by atoms with van der Waals surface area (Å²) in [4.78, 5) is 52.5. The second kappa shape index (κ2) is 13.2. The first-order valence-electron chi connectivity index (χ1n) is 13.6. The Bertz CT molecular complexity index is 1900. The third kappa shape index (κ3) is 7.02. The zero-order valence-electron chi connectivity index (χ0n) is 23.4. The monoisotopic (exact) mass is 596 g/mol. The van der Waals surface area contributed by atoms with Crippen molar-refractivity contribution in [3.8, 4) is 5.75 Å². The van der Waals surface area contributed by atoms with E-state index in [2.05, 4.69) is 10.6 Å². The smallest absolute Gasteiger partial charge is 0.332 e. The highest BCUT2D eigenvalue weighted by molar-refractivity contribution is 6.30. The highest BCUT2D eigenvalue weighted by Gasteiger charge is 2.16. The fourth-order valence-corrected chi connectivity index (χ4v) is 4.85. The van der Waals surface area contributed by atoms with Crippen LogP contribution in [0.1, 0.15) is 21.5 Å². The minimum atomic E-state index is -0.617. The number of carbonyl (C=O) groups is 2. The van der Waals surface area contributed by atoms with E-state index in [9.17, 15) is 19.2 Å². The molecule has 10 heteroatoms. The standard InChI is InChI=1S/C33H29ClN4O5/c1-43-27-6-4-5-26(19-27)36-30(39)21-37-29-8-3-2-7-28(29)32(41)38(33(37)42)20-23-9-13-24(14-10-23)31(40)35-18-17-22-11-15-25(34)16-12-22/h2-16,19H,17-18,20-21H2,1H3,(H,35,40)(H,36,39). The molecule has 0 radical (unpaired) electrons. The van der Waals surface area contributed by atoms with Crippen LogP contribution < -0.4 is 26.6 Å². The van der Waals surface area contributed by atoms with Gasteiger partial charge in [0.1, 0.15) is 12.3 Å². The van der Waals surface area contributed by atoms with Crippen LogP contribution in [-0.4, -0.2) is 34.6 Å². The first-order chi connectivity index (χ1) is 20.8. The molecule has 2 amide bonds. The van der Waals surface area contributed by atoms with Crippen LogP contribution in [0.5, 0.6) is 5.75 Å². The Balaban J connectivity index is 1.32. The van der Waals surface area contributed by atoms with Crippen molar-refractivity contribution >= 4 is 40.0 Å². The molecule has 2 N–H and O–H groups in total. The average Bonchev–Trinajstić information content (AvgIpc) is 3.02. The van der Waals surface area contributed by atoms with Crippen LogP contribution in [0.3, 0.4) is 0 Å². The van der Waals surface area contributed by atoms with E-state index in [1.165, 1.54) is 11.7 Å². The molecule has 43 heavy (non-hydrogen) atoms. The number of anilines is 1. The van der Waals surface area contributed by atoms with Crippen molar-refractivity contribution in [1.29, 1.82) is 0 Å². The van der Waals surface area contributed by atoms with Crippen LogP contribution in [0, 0.1) is 0 Å². The van der Waals surface area contributed by atoms with Gasteiger partial charge in [0.05, 0.1) is 24.6 Å². The Morgan fingerprint density at radius 3 is 2.30 bits per heavy atom. The normalized spacial score (nSPS) is 10.8. The molecule has 1 aromatic heterocycles. The number of hydrogen-bond donors (Lipinski definition) is 2. The number of nitrogens with one attached hydrogen (secondary N) is 2. The summed E-state index contributed by atoms with van der Waals surface area (Å²) >= 11 is 5.92. The van der Waals surface area contributed by atoms with Gasteiger partial charge >= 0.3 is 5.69 Å². The number of rotatable bonds is 10. The maximum atomic E-state index is 13.6. The second-order valence-corrected chi connectivity index (χ2v) is 10.3. The Morgan fingerprint density at radius 2 is 1.56 bits per heavy atom. The average molecular weight is 597 g/mol. The van der Waals surface area contributed by atoms with Crippen LogP contribution in [0.4, 0.5) is 5.69 Å². The van der Waals surface area contributed by atoms with Crippen molar-refractivity contribution in [3.05, 3.63) is 140 Å². The quantitative estimate of drug-likeness (QED) is 0.247. The van der Waals surface area contributed by atoms with E-state index in [-0.39, 0.29) is 19.0 Å². The van der Waals surface area contributed by atoms with Crippen LogP contribution >= 0.6 is 11.6 Å². The van der Waals surface area contributed by atoms with Crippen molar-refractivity contribution in [2.24, 2.45) is 0 Å². The summed E-state index contributed by atoms with van der Waals surface area (Å²) < 4.78 is 7.59. The van der Waals surface area contributed by atoms with Gasteiger partial charge in [-0.05, 0) is 66.1 Å². The molecule has 4 aromatic carbocycles. The zero-order valence-corrected chi connectivity index (χ0v) is 24.1. The Hall–Kier alpha value is -5.15. The van der Waals surface area contributed by atoms with Crippen LogP contribution in [0.15, 0.2) is 107 Å². The van der Waals surface area contributed by atoms with E-state index in [4.69, 9.17) is 16.3 Å². The Kier molecular flexibility index (Phi) is 9.02. The topological polar surface area (TPSA) is 111 Å². The summed E-state index contributed by atoms with van der Waals surface area (Å²) in [5.74, 6) is -0.0830. The summed E-state index contributed by atoms with van der Waals surface area (Å²) in [5, 5.41) is 6.64. The van der Waals surface area contributed by atoms with Gasteiger partial charge in [-0.3, -0.25) is 23.5 Å². The van der Waals surface area contributed by atoms with Crippen molar-refractivity contribution in [3.63, 3.8) is 0 Å². The number of nitrogens with zero attached hydrogens (tertiary/aromatic N) is 2. The van der Waals surface area contributed by atoms with E-state index in [1.54, 1.807) is 72.8 Å². The van der Waals surface area contributed by atoms with Gasteiger partial charge < -0.3 is 15.4 Å². The summed E-state index contributed by atoms with van der Waals surface area (Å²) in [6.07, 6.45) is 0.662. The molecule has 5 aromatic rings. The third-order valence-electron chi connectivity index (χ3n) is 6.96. The van der Waals surface area contributed by atoms with E-state index < -0.39 is 17.2 Å². The summed E-state index contributed by atoms with van der Waals surface area (Å²) in [6, 6.07) is 27.7. The molecule has 0 spiro atoms. The number of aromatic nitrogens is 2. The highest BCUT2D eigenvalue weighted by atomic mass is 35.5. The molecule has 0 aliphatic heterocycles. The van der Waals surface area contributed by atoms with Crippen LogP contribution in [0.2, 0.25) is 5.02 Å². The van der Waals surface area contributed by atoms with Gasteiger partial charge in [-0.2, -0.15) is 0 Å². The van der Waals surface area contributed by atoms with Crippen molar-refractivity contribution in [2.45, 2.75) is 19.5 Å². The summed E-state index contributed by atoms with van der Waals surface area (Å²) in [5.41, 5.74) is 1.97. The Labute approximate surface area is 252 Å². The largest absolute Gasteiger partial charge is 0.497 e. The van der Waals surface area contributed by atoms with E-state index >= 15 is 0 Å². The number of fused-ring (bicyclic) bond motifs is 1. The number of hydrogen-bond acceptors (Lipinski definition) is 5.